The predicted octanol–water partition coefficient (Wildman–Crippen LogP) is 3.54. The van der Waals surface area contributed by atoms with Crippen molar-refractivity contribution < 1.29 is 42.9 Å². The Labute approximate surface area is 253 Å². The highest BCUT2D eigenvalue weighted by Crippen LogP contribution is 2.34. The Balaban J connectivity index is 1.83. The largest absolute Gasteiger partial charge is 0.477 e. The number of carbonyl (C=O) groups excluding carboxylic acids is 2. The van der Waals surface area contributed by atoms with Crippen molar-refractivity contribution in [2.75, 3.05) is 31.2 Å². The third-order valence-corrected chi connectivity index (χ3v) is 7.72. The first-order chi connectivity index (χ1) is 21.1. The number of carbonyl (C=O) groups is 3. The number of hydrogen-bond acceptors (Lipinski definition) is 12. The number of carboxylic acid groups (broad SMARTS) is 1. The van der Waals surface area contributed by atoms with E-state index in [1.165, 1.54) is 28.8 Å². The standard InChI is InChI=1S/C29H26N4O10S/c1-3-41-25(36)9-11-31(12-10-26(37)42-4-2)17-5-7-19-20(15-30)27(29(38)43-22(19)13-17)28-32(16-24(34)35)21-8-6-18(33(39)40)14-23(21)44-28/h5-8,13-14H,3-4,9-12,16H2,1-2H3/p+1. The zero-order chi connectivity index (χ0) is 32.0. The van der Waals surface area contributed by atoms with Crippen LogP contribution in [0.3, 0.4) is 0 Å². The molecule has 0 saturated carbocycles. The van der Waals surface area contributed by atoms with Crippen molar-refractivity contribution in [3.63, 3.8) is 0 Å². The Morgan fingerprint density at radius 2 is 1.75 bits per heavy atom. The quantitative estimate of drug-likeness (QED) is 0.0749. The summed E-state index contributed by atoms with van der Waals surface area (Å²) in [5.74, 6) is -2.09. The van der Waals surface area contributed by atoms with E-state index in [0.717, 1.165) is 11.3 Å². The maximum absolute atomic E-state index is 13.4. The summed E-state index contributed by atoms with van der Waals surface area (Å²) in [6.07, 6.45) is 0.0451. The smallest absolute Gasteiger partial charge is 0.370 e. The van der Waals surface area contributed by atoms with E-state index in [1.807, 2.05) is 6.07 Å². The molecular weight excluding hydrogens is 596 g/mol. The molecule has 0 fully saturated rings. The first-order valence-corrected chi connectivity index (χ1v) is 14.3. The molecule has 15 heteroatoms. The molecule has 0 bridgehead atoms. The second-order valence-corrected chi connectivity index (χ2v) is 10.4. The average Bonchev–Trinajstić information content (AvgIpc) is 3.32. The van der Waals surface area contributed by atoms with Gasteiger partial charge in [-0.1, -0.05) is 11.3 Å². The molecule has 228 valence electrons. The Bertz CT molecular complexity index is 1850. The number of fused-ring (bicyclic) bond motifs is 2. The van der Waals surface area contributed by atoms with Crippen LogP contribution in [0.15, 0.2) is 45.6 Å². The second kappa shape index (κ2) is 13.7. The highest BCUT2D eigenvalue weighted by atomic mass is 32.1. The van der Waals surface area contributed by atoms with Crippen molar-refractivity contribution in [3.8, 4) is 16.6 Å². The Kier molecular flexibility index (Phi) is 9.86. The lowest BCUT2D eigenvalue weighted by Gasteiger charge is -2.24. The number of hydrogen-bond donors (Lipinski definition) is 1. The maximum Gasteiger partial charge on any atom is 0.370 e. The molecule has 14 nitrogen and oxygen atoms in total. The van der Waals surface area contributed by atoms with Gasteiger partial charge in [0.1, 0.15) is 16.4 Å². The first-order valence-electron chi connectivity index (χ1n) is 13.5. The van der Waals surface area contributed by atoms with Gasteiger partial charge in [0.15, 0.2) is 5.56 Å². The van der Waals surface area contributed by atoms with Crippen LogP contribution in [-0.4, -0.2) is 54.2 Å². The number of benzene rings is 2. The molecule has 0 spiro atoms. The van der Waals surface area contributed by atoms with Gasteiger partial charge in [0.2, 0.25) is 12.1 Å². The van der Waals surface area contributed by atoms with Gasteiger partial charge in [0.25, 0.3) is 10.7 Å². The Morgan fingerprint density at radius 1 is 1.09 bits per heavy atom. The number of esters is 2. The van der Waals surface area contributed by atoms with Crippen LogP contribution in [0.5, 0.6) is 0 Å². The van der Waals surface area contributed by atoms with Crippen molar-refractivity contribution >= 4 is 61.8 Å². The van der Waals surface area contributed by atoms with Gasteiger partial charge in [0, 0.05) is 48.4 Å². The van der Waals surface area contributed by atoms with Crippen LogP contribution in [0, 0.1) is 21.4 Å². The lowest BCUT2D eigenvalue weighted by Crippen LogP contribution is -2.39. The summed E-state index contributed by atoms with van der Waals surface area (Å²) in [5.41, 5.74) is -0.520. The summed E-state index contributed by atoms with van der Waals surface area (Å²) in [6.45, 7) is 3.59. The number of aliphatic carboxylic acids is 1. The van der Waals surface area contributed by atoms with Crippen LogP contribution in [0.1, 0.15) is 32.3 Å². The number of rotatable bonds is 13. The third kappa shape index (κ3) is 6.81. The zero-order valence-electron chi connectivity index (χ0n) is 23.7. The van der Waals surface area contributed by atoms with E-state index in [2.05, 4.69) is 0 Å². The van der Waals surface area contributed by atoms with Gasteiger partial charge in [0.05, 0.1) is 36.5 Å². The molecule has 0 aliphatic heterocycles. The summed E-state index contributed by atoms with van der Waals surface area (Å²) in [7, 11) is 0. The molecule has 1 N–H and O–H groups in total. The molecule has 0 amide bonds. The summed E-state index contributed by atoms with van der Waals surface area (Å²) in [6, 6.07) is 10.6. The van der Waals surface area contributed by atoms with Crippen molar-refractivity contribution in [3.05, 3.63) is 62.5 Å². The normalized spacial score (nSPS) is 10.8. The number of nitro groups is 1. The number of carboxylic acids is 1. The first kappa shape index (κ1) is 31.6. The van der Waals surface area contributed by atoms with Gasteiger partial charge in [-0.3, -0.25) is 19.7 Å². The minimum absolute atomic E-state index is 0.0225. The van der Waals surface area contributed by atoms with E-state index in [4.69, 9.17) is 13.9 Å². The van der Waals surface area contributed by atoms with E-state index in [0.29, 0.717) is 15.9 Å². The highest BCUT2D eigenvalue weighted by Gasteiger charge is 2.31. The van der Waals surface area contributed by atoms with Crippen LogP contribution >= 0.6 is 11.3 Å². The number of nitrogens with zero attached hydrogens (tertiary/aromatic N) is 4. The van der Waals surface area contributed by atoms with Crippen molar-refractivity contribution in [2.24, 2.45) is 0 Å². The topological polar surface area (TPSA) is 194 Å². The predicted molar refractivity (Wildman–Crippen MR) is 157 cm³/mol. The van der Waals surface area contributed by atoms with Gasteiger partial charge in [-0.2, -0.15) is 9.83 Å². The number of aromatic nitrogens is 1. The average molecular weight is 624 g/mol. The van der Waals surface area contributed by atoms with Gasteiger partial charge in [-0.15, -0.1) is 0 Å². The van der Waals surface area contributed by atoms with Crippen molar-refractivity contribution in [2.45, 2.75) is 33.2 Å². The van der Waals surface area contributed by atoms with Gasteiger partial charge in [-0.25, -0.2) is 9.59 Å². The molecule has 2 aromatic heterocycles. The summed E-state index contributed by atoms with van der Waals surface area (Å²) >= 11 is 0.926. The molecule has 0 saturated heterocycles. The van der Waals surface area contributed by atoms with Crippen molar-refractivity contribution in [1.29, 1.82) is 5.26 Å². The summed E-state index contributed by atoms with van der Waals surface area (Å²) in [4.78, 5) is 61.7. The fraction of sp³-hybridized carbons (Fsp3) is 0.310. The van der Waals surface area contributed by atoms with Crippen LogP contribution in [0.4, 0.5) is 11.4 Å². The molecule has 0 radical (unpaired) electrons. The van der Waals surface area contributed by atoms with Gasteiger partial charge < -0.3 is 23.9 Å². The number of nitriles is 1. The molecule has 0 atom stereocenters. The molecule has 2 heterocycles. The Hall–Kier alpha value is -5.36. The van der Waals surface area contributed by atoms with E-state index in [9.17, 15) is 39.7 Å². The fourth-order valence-electron chi connectivity index (χ4n) is 4.65. The number of nitro benzene ring substituents is 1. The molecule has 0 unspecified atom stereocenters. The molecule has 2 aromatic carbocycles. The van der Waals surface area contributed by atoms with Gasteiger partial charge >= 0.3 is 23.5 Å². The third-order valence-electron chi connectivity index (χ3n) is 6.55. The van der Waals surface area contributed by atoms with E-state index >= 15 is 0 Å². The van der Waals surface area contributed by atoms with Crippen LogP contribution < -0.4 is 15.1 Å². The summed E-state index contributed by atoms with van der Waals surface area (Å²) < 4.78 is 17.3. The zero-order valence-corrected chi connectivity index (χ0v) is 24.5. The van der Waals surface area contributed by atoms with E-state index < -0.39 is 35.0 Å². The molecule has 4 rings (SSSR count). The molecule has 0 aliphatic rings. The van der Waals surface area contributed by atoms with E-state index in [1.54, 1.807) is 30.9 Å². The van der Waals surface area contributed by atoms with Crippen molar-refractivity contribution in [1.82, 2.24) is 0 Å². The minimum Gasteiger partial charge on any atom is -0.477 e. The number of thiazole rings is 1. The molecular formula is C29H27N4O10S+. The monoisotopic (exact) mass is 623 g/mol. The Morgan fingerprint density at radius 3 is 2.32 bits per heavy atom. The summed E-state index contributed by atoms with van der Waals surface area (Å²) in [5, 5.41) is 31.4. The second-order valence-electron chi connectivity index (χ2n) is 9.33. The van der Waals surface area contributed by atoms with Gasteiger partial charge in [-0.05, 0) is 26.0 Å². The molecule has 0 aliphatic carbocycles. The number of anilines is 1. The van der Waals surface area contributed by atoms with E-state index in [-0.39, 0.29) is 71.9 Å². The number of non-ortho nitro benzene ring substituents is 1. The highest BCUT2D eigenvalue weighted by molar-refractivity contribution is 7.21. The van der Waals surface area contributed by atoms with Crippen LogP contribution in [0.2, 0.25) is 0 Å². The van der Waals surface area contributed by atoms with Crippen LogP contribution in [-0.2, 0) is 30.4 Å². The number of ether oxygens (including phenoxy) is 2. The molecule has 4 aromatic rings. The maximum atomic E-state index is 13.4. The minimum atomic E-state index is -1.23. The molecule has 44 heavy (non-hydrogen) atoms. The lowest BCUT2D eigenvalue weighted by molar-refractivity contribution is -0.645. The SMILES string of the molecule is CCOC(=O)CCN(CCC(=O)OCC)c1ccc2c(C#N)c(-c3sc4cc([N+](=O)[O-])ccc4[n+]3CC(=O)O)c(=O)oc2c1. The lowest BCUT2D eigenvalue weighted by atomic mass is 10.0. The fourth-order valence-corrected chi connectivity index (χ4v) is 5.88. The van der Waals surface area contributed by atoms with Crippen LogP contribution in [0.25, 0.3) is 31.8 Å².